The van der Waals surface area contributed by atoms with Crippen LogP contribution in [0.25, 0.3) is 0 Å². The highest BCUT2D eigenvalue weighted by Gasteiger charge is 2.23. The SMILES string of the molecule is CCNC(=O)CN1CCN(C(=O)Oc2ccccc2)CC1. The van der Waals surface area contributed by atoms with Crippen molar-refractivity contribution in [3.05, 3.63) is 30.3 Å². The number of nitrogens with one attached hydrogen (secondary N) is 1. The van der Waals surface area contributed by atoms with Crippen molar-refractivity contribution in [3.8, 4) is 5.75 Å². The molecule has 2 rings (SSSR count). The van der Waals surface area contributed by atoms with Crippen molar-refractivity contribution in [1.29, 1.82) is 0 Å². The molecule has 0 aromatic heterocycles. The maximum atomic E-state index is 12.0. The molecule has 0 radical (unpaired) electrons. The number of benzene rings is 1. The first-order valence-electron chi connectivity index (χ1n) is 7.20. The lowest BCUT2D eigenvalue weighted by Crippen LogP contribution is -2.51. The number of hydrogen-bond donors (Lipinski definition) is 1. The van der Waals surface area contributed by atoms with E-state index in [1.807, 2.05) is 30.0 Å². The van der Waals surface area contributed by atoms with Crippen LogP contribution in [0.2, 0.25) is 0 Å². The molecule has 1 aromatic carbocycles. The lowest BCUT2D eigenvalue weighted by molar-refractivity contribution is -0.122. The van der Waals surface area contributed by atoms with E-state index < -0.39 is 0 Å². The summed E-state index contributed by atoms with van der Waals surface area (Å²) in [6.45, 7) is 5.44. The summed E-state index contributed by atoms with van der Waals surface area (Å²) >= 11 is 0. The van der Waals surface area contributed by atoms with Gasteiger partial charge < -0.3 is 15.0 Å². The minimum Gasteiger partial charge on any atom is -0.410 e. The topological polar surface area (TPSA) is 61.9 Å². The summed E-state index contributed by atoms with van der Waals surface area (Å²) in [6, 6.07) is 9.03. The number of likely N-dealkylation sites (N-methyl/N-ethyl adjacent to an activating group) is 1. The molecular weight excluding hydrogens is 270 g/mol. The third-order valence-corrected chi connectivity index (χ3v) is 3.32. The predicted molar refractivity (Wildman–Crippen MR) is 79.2 cm³/mol. The van der Waals surface area contributed by atoms with E-state index in [1.165, 1.54) is 0 Å². The van der Waals surface area contributed by atoms with E-state index in [-0.39, 0.29) is 12.0 Å². The van der Waals surface area contributed by atoms with E-state index in [9.17, 15) is 9.59 Å². The summed E-state index contributed by atoms with van der Waals surface area (Å²) in [5.74, 6) is 0.574. The van der Waals surface area contributed by atoms with Gasteiger partial charge in [0.05, 0.1) is 6.54 Å². The lowest BCUT2D eigenvalue weighted by atomic mass is 10.3. The van der Waals surface area contributed by atoms with Crippen molar-refractivity contribution < 1.29 is 14.3 Å². The van der Waals surface area contributed by atoms with Crippen LogP contribution >= 0.6 is 0 Å². The molecule has 1 saturated heterocycles. The Morgan fingerprint density at radius 2 is 1.81 bits per heavy atom. The van der Waals surface area contributed by atoms with Crippen molar-refractivity contribution in [2.45, 2.75) is 6.92 Å². The highest BCUT2D eigenvalue weighted by Crippen LogP contribution is 2.11. The van der Waals surface area contributed by atoms with Crippen molar-refractivity contribution in [2.24, 2.45) is 0 Å². The zero-order valence-corrected chi connectivity index (χ0v) is 12.2. The van der Waals surface area contributed by atoms with Gasteiger partial charge in [0.2, 0.25) is 5.91 Å². The van der Waals surface area contributed by atoms with Gasteiger partial charge in [0.25, 0.3) is 0 Å². The molecule has 0 atom stereocenters. The second-order valence-corrected chi connectivity index (χ2v) is 4.90. The normalized spacial score (nSPS) is 15.6. The Hall–Kier alpha value is -2.08. The zero-order chi connectivity index (χ0) is 15.1. The van der Waals surface area contributed by atoms with Gasteiger partial charge in [0, 0.05) is 32.7 Å². The van der Waals surface area contributed by atoms with Gasteiger partial charge in [-0.05, 0) is 19.1 Å². The van der Waals surface area contributed by atoms with E-state index in [1.54, 1.807) is 17.0 Å². The Labute approximate surface area is 124 Å². The maximum absolute atomic E-state index is 12.0. The molecule has 1 N–H and O–H groups in total. The molecular formula is C15H21N3O3. The van der Waals surface area contributed by atoms with Crippen molar-refractivity contribution in [1.82, 2.24) is 15.1 Å². The van der Waals surface area contributed by atoms with Gasteiger partial charge in [-0.15, -0.1) is 0 Å². The number of rotatable bonds is 4. The third-order valence-electron chi connectivity index (χ3n) is 3.32. The molecule has 1 heterocycles. The molecule has 0 saturated carbocycles. The molecule has 0 bridgehead atoms. The molecule has 1 fully saturated rings. The minimum atomic E-state index is -0.334. The van der Waals surface area contributed by atoms with Crippen LogP contribution in [-0.2, 0) is 4.79 Å². The molecule has 1 aliphatic rings. The molecule has 0 unspecified atom stereocenters. The van der Waals surface area contributed by atoms with Gasteiger partial charge in [-0.3, -0.25) is 9.69 Å². The number of para-hydroxylation sites is 1. The average molecular weight is 291 g/mol. The molecule has 114 valence electrons. The number of hydrogen-bond acceptors (Lipinski definition) is 4. The maximum Gasteiger partial charge on any atom is 0.415 e. The lowest BCUT2D eigenvalue weighted by Gasteiger charge is -2.33. The first-order chi connectivity index (χ1) is 10.2. The van der Waals surface area contributed by atoms with Crippen LogP contribution in [0.1, 0.15) is 6.92 Å². The molecule has 0 spiro atoms. The third kappa shape index (κ3) is 4.75. The summed E-state index contributed by atoms with van der Waals surface area (Å²) in [6.07, 6.45) is -0.334. The first kappa shape index (κ1) is 15.3. The number of nitrogens with zero attached hydrogens (tertiary/aromatic N) is 2. The monoisotopic (exact) mass is 291 g/mol. The number of ether oxygens (including phenoxy) is 1. The Morgan fingerprint density at radius 3 is 2.43 bits per heavy atom. The van der Waals surface area contributed by atoms with Crippen LogP contribution in [0.15, 0.2) is 30.3 Å². The van der Waals surface area contributed by atoms with Crippen molar-refractivity contribution in [3.63, 3.8) is 0 Å². The molecule has 1 aromatic rings. The van der Waals surface area contributed by atoms with Crippen LogP contribution in [-0.4, -0.2) is 61.1 Å². The number of amides is 2. The van der Waals surface area contributed by atoms with Gasteiger partial charge in [-0.1, -0.05) is 18.2 Å². The Balaban J connectivity index is 1.75. The fourth-order valence-corrected chi connectivity index (χ4v) is 2.20. The van der Waals surface area contributed by atoms with Gasteiger partial charge >= 0.3 is 6.09 Å². The number of piperazine rings is 1. The zero-order valence-electron chi connectivity index (χ0n) is 12.2. The summed E-state index contributed by atoms with van der Waals surface area (Å²) in [4.78, 5) is 27.2. The van der Waals surface area contributed by atoms with Crippen LogP contribution in [0.5, 0.6) is 5.75 Å². The average Bonchev–Trinajstić information content (AvgIpc) is 2.49. The van der Waals surface area contributed by atoms with Crippen molar-refractivity contribution >= 4 is 12.0 Å². The van der Waals surface area contributed by atoms with Crippen LogP contribution in [0.4, 0.5) is 4.79 Å². The van der Waals surface area contributed by atoms with E-state index >= 15 is 0 Å². The van der Waals surface area contributed by atoms with E-state index in [2.05, 4.69) is 5.32 Å². The quantitative estimate of drug-likeness (QED) is 0.897. The molecule has 1 aliphatic heterocycles. The summed E-state index contributed by atoms with van der Waals surface area (Å²) in [5.41, 5.74) is 0. The second kappa shape index (κ2) is 7.64. The Morgan fingerprint density at radius 1 is 1.14 bits per heavy atom. The first-order valence-corrected chi connectivity index (χ1v) is 7.20. The van der Waals surface area contributed by atoms with E-state index in [0.717, 1.165) is 0 Å². The van der Waals surface area contributed by atoms with Crippen LogP contribution < -0.4 is 10.1 Å². The van der Waals surface area contributed by atoms with E-state index in [4.69, 9.17) is 4.74 Å². The van der Waals surface area contributed by atoms with Gasteiger partial charge in [0.1, 0.15) is 5.75 Å². The molecule has 6 nitrogen and oxygen atoms in total. The van der Waals surface area contributed by atoms with Gasteiger partial charge in [0.15, 0.2) is 0 Å². The van der Waals surface area contributed by atoms with Gasteiger partial charge in [-0.2, -0.15) is 0 Å². The van der Waals surface area contributed by atoms with E-state index in [0.29, 0.717) is 45.0 Å². The minimum absolute atomic E-state index is 0.0258. The smallest absolute Gasteiger partial charge is 0.410 e. The molecule has 2 amide bonds. The van der Waals surface area contributed by atoms with Gasteiger partial charge in [-0.25, -0.2) is 4.79 Å². The molecule has 21 heavy (non-hydrogen) atoms. The van der Waals surface area contributed by atoms with Crippen LogP contribution in [0, 0.1) is 0 Å². The number of carbonyl (C=O) groups is 2. The second-order valence-electron chi connectivity index (χ2n) is 4.90. The number of carbonyl (C=O) groups excluding carboxylic acids is 2. The summed E-state index contributed by atoms with van der Waals surface area (Å²) in [5, 5.41) is 2.77. The Kier molecular flexibility index (Phi) is 5.57. The predicted octanol–water partition coefficient (Wildman–Crippen LogP) is 0.939. The summed E-state index contributed by atoms with van der Waals surface area (Å²) < 4.78 is 5.30. The Bertz CT molecular complexity index is 470. The standard InChI is InChI=1S/C15H21N3O3/c1-2-16-14(19)12-17-8-10-18(11-9-17)15(20)21-13-6-4-3-5-7-13/h3-7H,2,8-12H2,1H3,(H,16,19). The fourth-order valence-electron chi connectivity index (χ4n) is 2.20. The highest BCUT2D eigenvalue weighted by atomic mass is 16.6. The molecule has 6 heteroatoms. The summed E-state index contributed by atoms with van der Waals surface area (Å²) in [7, 11) is 0. The highest BCUT2D eigenvalue weighted by molar-refractivity contribution is 5.78. The fraction of sp³-hybridized carbons (Fsp3) is 0.467. The van der Waals surface area contributed by atoms with Crippen LogP contribution in [0.3, 0.4) is 0 Å². The van der Waals surface area contributed by atoms with Crippen molar-refractivity contribution in [2.75, 3.05) is 39.3 Å². The molecule has 0 aliphatic carbocycles. The largest absolute Gasteiger partial charge is 0.415 e.